The van der Waals surface area contributed by atoms with Gasteiger partial charge in [-0.05, 0) is 54.8 Å². The summed E-state index contributed by atoms with van der Waals surface area (Å²) in [5, 5.41) is 3.48. The first-order chi connectivity index (χ1) is 12.1. The van der Waals surface area contributed by atoms with Gasteiger partial charge >= 0.3 is 0 Å². The van der Waals surface area contributed by atoms with E-state index in [0.29, 0.717) is 25.0 Å². The van der Waals surface area contributed by atoms with E-state index in [4.69, 9.17) is 10.5 Å². The van der Waals surface area contributed by atoms with Crippen LogP contribution < -0.4 is 15.8 Å². The van der Waals surface area contributed by atoms with Gasteiger partial charge in [0, 0.05) is 22.9 Å². The molecule has 2 aromatic carbocycles. The highest BCUT2D eigenvalue weighted by Crippen LogP contribution is 2.41. The highest BCUT2D eigenvalue weighted by atomic mass is 79.9. The molecule has 5 heteroatoms. The van der Waals surface area contributed by atoms with E-state index in [9.17, 15) is 4.79 Å². The molecule has 132 valence electrons. The minimum atomic E-state index is -0.229. The Bertz CT molecular complexity index is 718. The van der Waals surface area contributed by atoms with Gasteiger partial charge in [-0.1, -0.05) is 40.2 Å². The molecule has 0 bridgehead atoms. The number of nitrogens with one attached hydrogen (secondary N) is 1. The van der Waals surface area contributed by atoms with Crippen molar-refractivity contribution in [3.05, 3.63) is 64.1 Å². The van der Waals surface area contributed by atoms with Crippen LogP contribution in [0.4, 0.5) is 0 Å². The van der Waals surface area contributed by atoms with Gasteiger partial charge < -0.3 is 15.8 Å². The predicted molar refractivity (Wildman–Crippen MR) is 102 cm³/mol. The van der Waals surface area contributed by atoms with Crippen molar-refractivity contribution in [2.24, 2.45) is 5.73 Å². The summed E-state index contributed by atoms with van der Waals surface area (Å²) < 4.78 is 6.91. The minimum Gasteiger partial charge on any atom is -0.489 e. The van der Waals surface area contributed by atoms with E-state index < -0.39 is 0 Å². The maximum absolute atomic E-state index is 10.7. The summed E-state index contributed by atoms with van der Waals surface area (Å²) in [5.41, 5.74) is 7.62. The summed E-state index contributed by atoms with van der Waals surface area (Å²) in [7, 11) is 0. The van der Waals surface area contributed by atoms with Crippen LogP contribution in [0.5, 0.6) is 5.75 Å². The predicted octanol–water partition coefficient (Wildman–Crippen LogP) is 3.74. The topological polar surface area (TPSA) is 64.4 Å². The zero-order chi connectivity index (χ0) is 17.6. The van der Waals surface area contributed by atoms with Gasteiger partial charge in [0.2, 0.25) is 5.91 Å². The number of benzene rings is 2. The van der Waals surface area contributed by atoms with Crippen LogP contribution in [0.25, 0.3) is 0 Å². The van der Waals surface area contributed by atoms with Crippen LogP contribution in [0.15, 0.2) is 53.0 Å². The number of nitrogens with two attached hydrogens (primary N) is 1. The number of rotatable bonds is 9. The minimum absolute atomic E-state index is 0.229. The Kier molecular flexibility index (Phi) is 6.10. The molecule has 1 aliphatic rings. The maximum atomic E-state index is 10.7. The average molecular weight is 403 g/mol. The Morgan fingerprint density at radius 1 is 1.24 bits per heavy atom. The summed E-state index contributed by atoms with van der Waals surface area (Å²) in [6, 6.07) is 17.0. The van der Waals surface area contributed by atoms with Gasteiger partial charge in [0.15, 0.2) is 0 Å². The SMILES string of the molecule is NC(=O)CCCNC1CC1c1ccc(OCc2cccc(Br)c2)cc1. The zero-order valence-electron chi connectivity index (χ0n) is 14.1. The summed E-state index contributed by atoms with van der Waals surface area (Å²) in [5.74, 6) is 1.22. The third-order valence-corrected chi connectivity index (χ3v) is 4.89. The van der Waals surface area contributed by atoms with E-state index in [2.05, 4.69) is 45.5 Å². The molecule has 0 spiro atoms. The first kappa shape index (κ1) is 18.0. The summed E-state index contributed by atoms with van der Waals surface area (Å²) in [4.78, 5) is 10.7. The van der Waals surface area contributed by atoms with Crippen LogP contribution in [0.3, 0.4) is 0 Å². The lowest BCUT2D eigenvalue weighted by Gasteiger charge is -2.08. The zero-order valence-corrected chi connectivity index (χ0v) is 15.7. The Hall–Kier alpha value is -1.85. The number of primary amides is 1. The van der Waals surface area contributed by atoms with Gasteiger partial charge in [-0.25, -0.2) is 0 Å². The quantitative estimate of drug-likeness (QED) is 0.627. The van der Waals surface area contributed by atoms with Gasteiger partial charge in [0.05, 0.1) is 0 Å². The maximum Gasteiger partial charge on any atom is 0.217 e. The molecule has 2 unspecified atom stereocenters. The summed E-state index contributed by atoms with van der Waals surface area (Å²) in [6.07, 6.45) is 2.41. The molecule has 1 fully saturated rings. The lowest BCUT2D eigenvalue weighted by molar-refractivity contribution is -0.118. The fraction of sp³-hybridized carbons (Fsp3) is 0.350. The Morgan fingerprint density at radius 2 is 2.04 bits per heavy atom. The van der Waals surface area contributed by atoms with Crippen LogP contribution >= 0.6 is 15.9 Å². The number of halogens is 1. The van der Waals surface area contributed by atoms with Crippen molar-refractivity contribution in [2.75, 3.05) is 6.54 Å². The van der Waals surface area contributed by atoms with Gasteiger partial charge in [-0.3, -0.25) is 4.79 Å². The van der Waals surface area contributed by atoms with Gasteiger partial charge in [0.25, 0.3) is 0 Å². The number of carbonyl (C=O) groups is 1. The molecule has 25 heavy (non-hydrogen) atoms. The Morgan fingerprint density at radius 3 is 2.76 bits per heavy atom. The fourth-order valence-corrected chi connectivity index (χ4v) is 3.39. The lowest BCUT2D eigenvalue weighted by atomic mass is 10.1. The molecule has 1 aliphatic carbocycles. The van der Waals surface area contributed by atoms with Crippen molar-refractivity contribution < 1.29 is 9.53 Å². The van der Waals surface area contributed by atoms with Gasteiger partial charge in [-0.2, -0.15) is 0 Å². The molecular formula is C20H23BrN2O2. The number of amides is 1. The van der Waals surface area contributed by atoms with E-state index >= 15 is 0 Å². The van der Waals surface area contributed by atoms with Crippen molar-refractivity contribution in [3.63, 3.8) is 0 Å². The number of hydrogen-bond acceptors (Lipinski definition) is 3. The second-order valence-electron chi connectivity index (χ2n) is 6.46. The van der Waals surface area contributed by atoms with Crippen molar-refractivity contribution in [1.29, 1.82) is 0 Å². The second-order valence-corrected chi connectivity index (χ2v) is 7.38. The highest BCUT2D eigenvalue weighted by Gasteiger charge is 2.37. The number of carbonyl (C=O) groups excluding carboxylic acids is 1. The molecule has 2 aromatic rings. The van der Waals surface area contributed by atoms with Crippen LogP contribution in [-0.4, -0.2) is 18.5 Å². The largest absolute Gasteiger partial charge is 0.489 e. The van der Waals surface area contributed by atoms with E-state index in [0.717, 1.165) is 35.2 Å². The number of hydrogen-bond donors (Lipinski definition) is 2. The second kappa shape index (κ2) is 8.50. The summed E-state index contributed by atoms with van der Waals surface area (Å²) in [6.45, 7) is 1.41. The molecule has 3 N–H and O–H groups in total. The number of ether oxygens (including phenoxy) is 1. The molecule has 2 atom stereocenters. The van der Waals surface area contributed by atoms with Gasteiger partial charge in [0.1, 0.15) is 12.4 Å². The Balaban J connectivity index is 1.43. The molecule has 0 heterocycles. The van der Waals surface area contributed by atoms with Crippen molar-refractivity contribution in [1.82, 2.24) is 5.32 Å². The molecule has 0 aliphatic heterocycles. The third kappa shape index (κ3) is 5.58. The molecule has 0 aromatic heterocycles. The average Bonchev–Trinajstić information content (AvgIpc) is 3.37. The van der Waals surface area contributed by atoms with Crippen molar-refractivity contribution in [2.45, 2.75) is 37.8 Å². The molecule has 3 rings (SSSR count). The summed E-state index contributed by atoms with van der Waals surface area (Å²) >= 11 is 3.47. The Labute approximate surface area is 156 Å². The molecular weight excluding hydrogens is 380 g/mol. The normalized spacial score (nSPS) is 18.8. The van der Waals surface area contributed by atoms with Gasteiger partial charge in [-0.15, -0.1) is 0 Å². The van der Waals surface area contributed by atoms with E-state index in [-0.39, 0.29) is 5.91 Å². The first-order valence-corrected chi connectivity index (χ1v) is 9.40. The third-order valence-electron chi connectivity index (χ3n) is 4.40. The van der Waals surface area contributed by atoms with E-state index in [1.807, 2.05) is 24.3 Å². The van der Waals surface area contributed by atoms with Crippen molar-refractivity contribution in [3.8, 4) is 5.75 Å². The fourth-order valence-electron chi connectivity index (χ4n) is 2.94. The molecule has 0 radical (unpaired) electrons. The smallest absolute Gasteiger partial charge is 0.217 e. The molecule has 4 nitrogen and oxygen atoms in total. The lowest BCUT2D eigenvalue weighted by Crippen LogP contribution is -2.21. The molecule has 1 saturated carbocycles. The van der Waals surface area contributed by atoms with Crippen LogP contribution in [0.1, 0.15) is 36.3 Å². The molecule has 0 saturated heterocycles. The standard InChI is InChI=1S/C20H23BrN2O2/c21-16-4-1-3-14(11-16)13-25-17-8-6-15(7-9-17)18-12-19(18)23-10-2-5-20(22)24/h1,3-4,6-9,11,18-19,23H,2,5,10,12-13H2,(H2,22,24). The highest BCUT2D eigenvalue weighted by molar-refractivity contribution is 9.10. The van der Waals surface area contributed by atoms with E-state index in [1.54, 1.807) is 0 Å². The van der Waals surface area contributed by atoms with E-state index in [1.165, 1.54) is 5.56 Å². The first-order valence-electron chi connectivity index (χ1n) is 8.61. The monoisotopic (exact) mass is 402 g/mol. The van der Waals surface area contributed by atoms with Crippen molar-refractivity contribution >= 4 is 21.8 Å². The van der Waals surface area contributed by atoms with Crippen LogP contribution in [-0.2, 0) is 11.4 Å². The van der Waals surface area contributed by atoms with Crippen LogP contribution in [0, 0.1) is 0 Å². The van der Waals surface area contributed by atoms with Crippen LogP contribution in [0.2, 0.25) is 0 Å². The molecule has 1 amide bonds.